The highest BCUT2D eigenvalue weighted by atomic mass is 127. The van der Waals surface area contributed by atoms with E-state index in [1.54, 1.807) is 6.07 Å². The molecule has 100 valence electrons. The second-order valence-electron chi connectivity index (χ2n) is 3.79. The Labute approximate surface area is 126 Å². The number of anilines is 2. The third-order valence-corrected chi connectivity index (χ3v) is 4.02. The smallest absolute Gasteiger partial charge is 0.303 e. The van der Waals surface area contributed by atoms with Crippen molar-refractivity contribution in [3.8, 4) is 0 Å². The van der Waals surface area contributed by atoms with E-state index in [1.165, 1.54) is 23.5 Å². The molecule has 0 fully saturated rings. The molecule has 0 aliphatic carbocycles. The summed E-state index contributed by atoms with van der Waals surface area (Å²) < 4.78 is 13.7. The molecule has 0 atom stereocenters. The van der Waals surface area contributed by atoms with Gasteiger partial charge in [0.1, 0.15) is 5.82 Å². The molecule has 0 aliphatic heterocycles. The van der Waals surface area contributed by atoms with E-state index < -0.39 is 5.97 Å². The van der Waals surface area contributed by atoms with Gasteiger partial charge in [-0.3, -0.25) is 4.79 Å². The van der Waals surface area contributed by atoms with Crippen LogP contribution in [0.3, 0.4) is 0 Å². The van der Waals surface area contributed by atoms with E-state index in [-0.39, 0.29) is 12.2 Å². The first-order valence-corrected chi connectivity index (χ1v) is 7.38. The molecule has 0 saturated heterocycles. The Hall–Kier alpha value is -1.22. The summed E-state index contributed by atoms with van der Waals surface area (Å²) >= 11 is 3.44. The second-order valence-corrected chi connectivity index (χ2v) is 5.81. The van der Waals surface area contributed by atoms with Crippen LogP contribution < -0.4 is 5.32 Å². The van der Waals surface area contributed by atoms with E-state index in [1.807, 2.05) is 28.0 Å². The average molecular weight is 392 g/mol. The maximum atomic E-state index is 13.0. The van der Waals surface area contributed by atoms with Crippen molar-refractivity contribution in [2.75, 3.05) is 5.32 Å². The van der Waals surface area contributed by atoms with Crippen LogP contribution in [0.2, 0.25) is 0 Å². The average Bonchev–Trinajstić information content (AvgIpc) is 2.78. The van der Waals surface area contributed by atoms with Crippen molar-refractivity contribution >= 4 is 50.7 Å². The molecule has 0 bridgehead atoms. The molecule has 1 aromatic carbocycles. The first-order valence-electron chi connectivity index (χ1n) is 5.43. The number of carboxylic acids is 1. The van der Waals surface area contributed by atoms with E-state index in [2.05, 4.69) is 10.3 Å². The summed E-state index contributed by atoms with van der Waals surface area (Å²) in [5.74, 6) is -1.12. The molecule has 1 aromatic heterocycles. The number of nitrogens with zero attached hydrogens (tertiary/aromatic N) is 1. The van der Waals surface area contributed by atoms with Gasteiger partial charge in [-0.1, -0.05) is 0 Å². The third kappa shape index (κ3) is 4.13. The largest absolute Gasteiger partial charge is 0.481 e. The lowest BCUT2D eigenvalue weighted by molar-refractivity contribution is -0.136. The van der Waals surface area contributed by atoms with Crippen LogP contribution in [-0.2, 0) is 11.2 Å². The van der Waals surface area contributed by atoms with E-state index >= 15 is 0 Å². The topological polar surface area (TPSA) is 62.2 Å². The van der Waals surface area contributed by atoms with Crippen LogP contribution in [0.5, 0.6) is 0 Å². The van der Waals surface area contributed by atoms with E-state index in [0.717, 1.165) is 15.0 Å². The molecule has 0 unspecified atom stereocenters. The van der Waals surface area contributed by atoms with Gasteiger partial charge in [0, 0.05) is 15.4 Å². The number of carboxylic acid groups (broad SMARTS) is 1. The number of aromatic nitrogens is 1. The van der Waals surface area contributed by atoms with E-state index in [0.29, 0.717) is 11.6 Å². The fourth-order valence-corrected chi connectivity index (χ4v) is 2.79. The molecular weight excluding hydrogens is 382 g/mol. The number of thiazole rings is 1. The number of rotatable bonds is 5. The Balaban J connectivity index is 2.05. The highest BCUT2D eigenvalue weighted by molar-refractivity contribution is 14.1. The lowest BCUT2D eigenvalue weighted by atomic mass is 10.2. The van der Waals surface area contributed by atoms with Crippen LogP contribution in [0.4, 0.5) is 15.2 Å². The number of halogens is 2. The minimum atomic E-state index is -0.837. The summed E-state index contributed by atoms with van der Waals surface area (Å²) in [6.07, 6.45) is 0.477. The molecule has 0 saturated carbocycles. The number of aryl methyl sites for hydroxylation is 1. The van der Waals surface area contributed by atoms with Crippen LogP contribution in [-0.4, -0.2) is 16.1 Å². The number of hydrogen-bond donors (Lipinski definition) is 2. The Morgan fingerprint density at radius 3 is 3.00 bits per heavy atom. The minimum absolute atomic E-state index is 0.0667. The zero-order valence-electron chi connectivity index (χ0n) is 9.69. The Morgan fingerprint density at radius 2 is 2.32 bits per heavy atom. The molecule has 0 spiro atoms. The van der Waals surface area contributed by atoms with Gasteiger partial charge in [-0.2, -0.15) is 0 Å². The second kappa shape index (κ2) is 6.29. The molecule has 2 rings (SSSR count). The van der Waals surface area contributed by atoms with Gasteiger partial charge in [-0.05, 0) is 40.8 Å². The standard InChI is InChI=1S/C12H10FIN2O2S/c13-7-1-3-10(9(14)5-7)16-12-15-8(6-19-12)2-4-11(17)18/h1,3,5-6H,2,4H2,(H,15,16)(H,17,18). The van der Waals surface area contributed by atoms with E-state index in [9.17, 15) is 9.18 Å². The highest BCUT2D eigenvalue weighted by Gasteiger charge is 2.07. The van der Waals surface area contributed by atoms with Crippen LogP contribution in [0.25, 0.3) is 0 Å². The Kier molecular flexibility index (Phi) is 4.70. The van der Waals surface area contributed by atoms with Crippen LogP contribution in [0.1, 0.15) is 12.1 Å². The highest BCUT2D eigenvalue weighted by Crippen LogP contribution is 2.25. The van der Waals surface area contributed by atoms with Crippen LogP contribution in [0, 0.1) is 9.39 Å². The Bertz CT molecular complexity index is 603. The fraction of sp³-hybridized carbons (Fsp3) is 0.167. The molecule has 0 aliphatic rings. The number of benzene rings is 1. The maximum Gasteiger partial charge on any atom is 0.303 e. The first kappa shape index (κ1) is 14.2. The zero-order valence-corrected chi connectivity index (χ0v) is 12.7. The number of carbonyl (C=O) groups is 1. The summed E-state index contributed by atoms with van der Waals surface area (Å²) in [6.45, 7) is 0. The van der Waals surface area contributed by atoms with Gasteiger partial charge in [0.05, 0.1) is 17.8 Å². The summed E-state index contributed by atoms with van der Waals surface area (Å²) in [5.41, 5.74) is 1.52. The first-order chi connectivity index (χ1) is 9.04. The van der Waals surface area contributed by atoms with E-state index in [4.69, 9.17) is 5.11 Å². The number of nitrogens with one attached hydrogen (secondary N) is 1. The van der Waals surface area contributed by atoms with Crippen LogP contribution in [0.15, 0.2) is 23.6 Å². The molecule has 7 heteroatoms. The maximum absolute atomic E-state index is 13.0. The summed E-state index contributed by atoms with van der Waals surface area (Å²) in [4.78, 5) is 14.8. The zero-order chi connectivity index (χ0) is 13.8. The normalized spacial score (nSPS) is 10.4. The van der Waals surface area contributed by atoms with Crippen molar-refractivity contribution in [1.29, 1.82) is 0 Å². The predicted molar refractivity (Wildman–Crippen MR) is 80.5 cm³/mol. The van der Waals surface area contributed by atoms with Crippen molar-refractivity contribution in [2.24, 2.45) is 0 Å². The van der Waals surface area contributed by atoms with Crippen molar-refractivity contribution in [2.45, 2.75) is 12.8 Å². The van der Waals surface area contributed by atoms with Gasteiger partial charge in [-0.15, -0.1) is 11.3 Å². The van der Waals surface area contributed by atoms with Gasteiger partial charge in [0.2, 0.25) is 0 Å². The van der Waals surface area contributed by atoms with Gasteiger partial charge in [0.25, 0.3) is 0 Å². The number of aliphatic carboxylic acids is 1. The predicted octanol–water partition coefficient (Wildman–Crippen LogP) is 3.65. The van der Waals surface area contributed by atoms with Gasteiger partial charge in [0.15, 0.2) is 5.13 Å². The summed E-state index contributed by atoms with van der Waals surface area (Å²) in [7, 11) is 0. The minimum Gasteiger partial charge on any atom is -0.481 e. The Morgan fingerprint density at radius 1 is 1.53 bits per heavy atom. The lowest BCUT2D eigenvalue weighted by Gasteiger charge is -2.05. The SMILES string of the molecule is O=C(O)CCc1csc(Nc2ccc(F)cc2I)n1. The van der Waals surface area contributed by atoms with Crippen LogP contribution >= 0.6 is 33.9 Å². The van der Waals surface area contributed by atoms with Crippen molar-refractivity contribution in [3.05, 3.63) is 38.7 Å². The summed E-state index contributed by atoms with van der Waals surface area (Å²) in [5, 5.41) is 14.2. The molecule has 2 N–H and O–H groups in total. The van der Waals surface area contributed by atoms with Crippen molar-refractivity contribution < 1.29 is 14.3 Å². The summed E-state index contributed by atoms with van der Waals surface area (Å²) in [6, 6.07) is 4.46. The van der Waals surface area contributed by atoms with Gasteiger partial charge >= 0.3 is 5.97 Å². The van der Waals surface area contributed by atoms with Crippen molar-refractivity contribution in [3.63, 3.8) is 0 Å². The molecular formula is C12H10FIN2O2S. The lowest BCUT2D eigenvalue weighted by Crippen LogP contribution is -1.98. The molecule has 19 heavy (non-hydrogen) atoms. The molecule has 0 radical (unpaired) electrons. The molecule has 4 nitrogen and oxygen atoms in total. The van der Waals surface area contributed by atoms with Crippen molar-refractivity contribution in [1.82, 2.24) is 4.98 Å². The third-order valence-electron chi connectivity index (χ3n) is 2.32. The monoisotopic (exact) mass is 392 g/mol. The molecule has 2 aromatic rings. The fourth-order valence-electron chi connectivity index (χ4n) is 1.42. The number of hydrogen-bond acceptors (Lipinski definition) is 4. The van der Waals surface area contributed by atoms with Gasteiger partial charge in [-0.25, -0.2) is 9.37 Å². The van der Waals surface area contributed by atoms with Gasteiger partial charge < -0.3 is 10.4 Å². The molecule has 0 amide bonds. The quantitative estimate of drug-likeness (QED) is 0.763. The molecule has 1 heterocycles.